The normalized spacial score (nSPS) is 13.7. The van der Waals surface area contributed by atoms with E-state index in [-0.39, 0.29) is 34.2 Å². The van der Waals surface area contributed by atoms with Crippen LogP contribution >= 0.6 is 0 Å². The molecule has 6 aromatic rings. The molecule has 0 aliphatic carbocycles. The van der Waals surface area contributed by atoms with Gasteiger partial charge < -0.3 is 30.6 Å². The number of pyridine rings is 2. The maximum Gasteiger partial charge on any atom is 0.354 e. The molecular formula is C54H48N8O8. The van der Waals surface area contributed by atoms with Crippen LogP contribution in [0, 0.1) is 36.5 Å². The zero-order valence-electron chi connectivity index (χ0n) is 38.4. The second-order valence-electron chi connectivity index (χ2n) is 17.1. The number of anilines is 2. The van der Waals surface area contributed by atoms with E-state index < -0.39 is 23.8 Å². The largest absolute Gasteiger partial charge is 0.478 e. The van der Waals surface area contributed by atoms with Crippen molar-refractivity contribution in [2.45, 2.75) is 51.4 Å². The molecule has 2 aromatic heterocycles. The van der Waals surface area contributed by atoms with Gasteiger partial charge in [0.2, 0.25) is 0 Å². The first-order valence-corrected chi connectivity index (χ1v) is 22.5. The number of carbonyl (C=O) groups is 6. The number of aromatic nitrogens is 2. The average molecular weight is 937 g/mol. The van der Waals surface area contributed by atoms with Crippen molar-refractivity contribution in [2.75, 3.05) is 36.8 Å². The molecule has 2 saturated heterocycles. The Kier molecular flexibility index (Phi) is 15.5. The molecule has 0 unspecified atom stereocenters. The summed E-state index contributed by atoms with van der Waals surface area (Å²) in [4.78, 5) is 85.0. The van der Waals surface area contributed by atoms with Gasteiger partial charge in [-0.15, -0.1) is 0 Å². The van der Waals surface area contributed by atoms with Gasteiger partial charge in [-0.2, -0.15) is 10.5 Å². The number of benzene rings is 4. The highest BCUT2D eigenvalue weighted by atomic mass is 16.4. The molecule has 16 nitrogen and oxygen atoms in total. The van der Waals surface area contributed by atoms with Crippen LogP contribution in [0.3, 0.4) is 0 Å². The molecule has 352 valence electrons. The molecule has 4 amide bonds. The predicted octanol–water partition coefficient (Wildman–Crippen LogP) is 8.46. The number of aryl methyl sites for hydroxylation is 2. The van der Waals surface area contributed by atoms with Crippen molar-refractivity contribution in [1.82, 2.24) is 19.8 Å². The maximum atomic E-state index is 13.2. The Morgan fingerprint density at radius 2 is 0.957 bits per heavy atom. The number of carboxylic acid groups (broad SMARTS) is 2. The highest BCUT2D eigenvalue weighted by Crippen LogP contribution is 2.31. The maximum absolute atomic E-state index is 13.2. The van der Waals surface area contributed by atoms with Gasteiger partial charge in [0.05, 0.1) is 40.0 Å². The lowest BCUT2D eigenvalue weighted by Gasteiger charge is -2.32. The number of piperidine rings is 2. The van der Waals surface area contributed by atoms with Crippen LogP contribution < -0.4 is 10.6 Å². The van der Waals surface area contributed by atoms with Crippen LogP contribution in [-0.4, -0.2) is 91.7 Å². The van der Waals surface area contributed by atoms with Gasteiger partial charge in [0.1, 0.15) is 5.69 Å². The van der Waals surface area contributed by atoms with Crippen molar-refractivity contribution < 1.29 is 39.0 Å². The van der Waals surface area contributed by atoms with Crippen molar-refractivity contribution in [3.8, 4) is 12.1 Å². The molecule has 0 atom stereocenters. The van der Waals surface area contributed by atoms with Crippen LogP contribution in [-0.2, 0) is 0 Å². The van der Waals surface area contributed by atoms with E-state index in [1.54, 1.807) is 36.4 Å². The molecule has 4 heterocycles. The minimum Gasteiger partial charge on any atom is -0.478 e. The molecule has 0 spiro atoms. The second-order valence-corrected chi connectivity index (χ2v) is 17.1. The number of nitriles is 2. The molecule has 0 saturated carbocycles. The smallest absolute Gasteiger partial charge is 0.354 e. The first-order valence-electron chi connectivity index (χ1n) is 22.5. The van der Waals surface area contributed by atoms with Crippen molar-refractivity contribution in [2.24, 2.45) is 0 Å². The van der Waals surface area contributed by atoms with Crippen molar-refractivity contribution >= 4 is 46.9 Å². The van der Waals surface area contributed by atoms with Crippen LogP contribution in [0.2, 0.25) is 0 Å². The molecule has 0 bridgehead atoms. The van der Waals surface area contributed by atoms with E-state index in [4.69, 9.17) is 20.7 Å². The second kappa shape index (κ2) is 22.2. The van der Waals surface area contributed by atoms with Crippen LogP contribution in [0.4, 0.5) is 11.4 Å². The topological polar surface area (TPSA) is 247 Å². The van der Waals surface area contributed by atoms with E-state index in [0.29, 0.717) is 71.6 Å². The summed E-state index contributed by atoms with van der Waals surface area (Å²) in [7, 11) is 0. The van der Waals surface area contributed by atoms with Gasteiger partial charge in [-0.1, -0.05) is 36.4 Å². The number of likely N-dealkylation sites (tertiary alicyclic amines) is 2. The zero-order valence-corrected chi connectivity index (χ0v) is 38.4. The van der Waals surface area contributed by atoms with Crippen molar-refractivity contribution in [3.63, 3.8) is 0 Å². The highest BCUT2D eigenvalue weighted by molar-refractivity contribution is 6.07. The highest BCUT2D eigenvalue weighted by Gasteiger charge is 2.27. The Morgan fingerprint density at radius 1 is 0.529 bits per heavy atom. The fraction of sp³-hybridized carbons (Fsp3) is 0.222. The first kappa shape index (κ1) is 48.9. The number of hydrogen-bond donors (Lipinski definition) is 4. The van der Waals surface area contributed by atoms with Crippen LogP contribution in [0.1, 0.15) is 133 Å². The van der Waals surface area contributed by atoms with Gasteiger partial charge in [-0.25, -0.2) is 14.6 Å². The summed E-state index contributed by atoms with van der Waals surface area (Å²) in [5, 5.41) is 41.6. The van der Waals surface area contributed by atoms with Crippen LogP contribution in [0.25, 0.3) is 0 Å². The minimum atomic E-state index is -1.17. The Hall–Kier alpha value is -9.02. The zero-order chi connectivity index (χ0) is 49.9. The summed E-state index contributed by atoms with van der Waals surface area (Å²) in [6, 6.07) is 33.8. The molecule has 0 radical (unpaired) electrons. The van der Waals surface area contributed by atoms with Crippen LogP contribution in [0.5, 0.6) is 0 Å². The van der Waals surface area contributed by atoms with Gasteiger partial charge >= 0.3 is 11.9 Å². The number of rotatable bonds is 10. The van der Waals surface area contributed by atoms with Gasteiger partial charge in [0.15, 0.2) is 0 Å². The summed E-state index contributed by atoms with van der Waals surface area (Å²) in [6.45, 7) is 6.14. The third-order valence-corrected chi connectivity index (χ3v) is 12.5. The van der Waals surface area contributed by atoms with E-state index in [1.165, 1.54) is 47.9 Å². The molecule has 2 aliphatic heterocycles. The third-order valence-electron chi connectivity index (χ3n) is 12.5. The number of nitrogens with one attached hydrogen (secondary N) is 2. The minimum absolute atomic E-state index is 0.0808. The predicted molar refractivity (Wildman–Crippen MR) is 259 cm³/mol. The number of carbonyl (C=O) groups excluding carboxylic acids is 4. The quantitative estimate of drug-likeness (QED) is 0.101. The standard InChI is InChI=1S/2C27H24N4O4/c1-17-2-5-21(13-24(17)30-25(32)22-12-23(27(34)35)16-29-15-22)26(33)31-10-8-20(9-11-31)19-6-3-18(14-28)4-7-19;1-17-2-5-21(14-24(17)30-25(32)22-8-9-23(27(34)35)29-16-22)26(33)31-12-10-20(11-13-31)19-6-3-18(15-28)4-7-19/h2-7,12-13,15-16,20H,8-11H2,1H3,(H,30,32)(H,34,35);2-9,14,16,20H,10-13H2,1H3,(H,30,32)(H,34,35). The first-order chi connectivity index (χ1) is 33.7. The Balaban J connectivity index is 0.000000206. The molecular weight excluding hydrogens is 889 g/mol. The monoisotopic (exact) mass is 936 g/mol. The van der Waals surface area contributed by atoms with Gasteiger partial charge in [-0.05, 0) is 140 Å². The van der Waals surface area contributed by atoms with E-state index in [0.717, 1.165) is 36.8 Å². The number of aromatic carboxylic acids is 2. The summed E-state index contributed by atoms with van der Waals surface area (Å²) in [5.41, 5.74) is 7.26. The number of carboxylic acids is 2. The van der Waals surface area contributed by atoms with Crippen LogP contribution in [0.15, 0.2) is 122 Å². The molecule has 2 aliphatic rings. The van der Waals surface area contributed by atoms with E-state index in [9.17, 15) is 28.8 Å². The van der Waals surface area contributed by atoms with Crippen molar-refractivity contribution in [3.05, 3.63) is 189 Å². The van der Waals surface area contributed by atoms with E-state index >= 15 is 0 Å². The fourth-order valence-corrected chi connectivity index (χ4v) is 8.36. The Labute approximate surface area is 403 Å². The lowest BCUT2D eigenvalue weighted by atomic mass is 9.89. The lowest BCUT2D eigenvalue weighted by Crippen LogP contribution is -2.38. The molecule has 4 aromatic carbocycles. The molecule has 8 rings (SSSR count). The Morgan fingerprint density at radius 3 is 1.36 bits per heavy atom. The summed E-state index contributed by atoms with van der Waals surface area (Å²) in [5.74, 6) is -2.78. The third kappa shape index (κ3) is 11.9. The average Bonchev–Trinajstić information content (AvgIpc) is 3.39. The van der Waals surface area contributed by atoms with E-state index in [1.807, 2.05) is 72.2 Å². The van der Waals surface area contributed by atoms with Crippen molar-refractivity contribution in [1.29, 1.82) is 10.5 Å². The van der Waals surface area contributed by atoms with E-state index in [2.05, 4.69) is 32.7 Å². The molecule has 4 N–H and O–H groups in total. The number of amides is 4. The molecule has 2 fully saturated rings. The lowest BCUT2D eigenvalue weighted by molar-refractivity contribution is 0.0682. The molecule has 70 heavy (non-hydrogen) atoms. The molecule has 16 heteroatoms. The summed E-state index contributed by atoms with van der Waals surface area (Å²) >= 11 is 0. The summed E-state index contributed by atoms with van der Waals surface area (Å²) < 4.78 is 0. The number of nitrogens with zero attached hydrogens (tertiary/aromatic N) is 6. The fourth-order valence-electron chi connectivity index (χ4n) is 8.36. The van der Waals surface area contributed by atoms with Gasteiger partial charge in [0.25, 0.3) is 23.6 Å². The Bertz CT molecular complexity index is 3040. The SMILES string of the molecule is Cc1ccc(C(=O)N2CCC(c3ccc(C#N)cc3)CC2)cc1NC(=O)c1ccc(C(=O)O)nc1.Cc1ccc(C(=O)N2CCC(c3ccc(C#N)cc3)CC2)cc1NC(=O)c1cncc(C(=O)O)c1. The number of hydrogen-bond acceptors (Lipinski definition) is 10. The van der Waals surface area contributed by atoms with Gasteiger partial charge in [0, 0.05) is 67.3 Å². The summed E-state index contributed by atoms with van der Waals surface area (Å²) in [6.07, 6.45) is 7.03. The van der Waals surface area contributed by atoms with Gasteiger partial charge in [-0.3, -0.25) is 24.2 Å².